The average molecular weight is 280 g/mol. The molecule has 0 saturated carbocycles. The van der Waals surface area contributed by atoms with Crippen LogP contribution in [-0.2, 0) is 13.2 Å². The first kappa shape index (κ1) is 13.8. The van der Waals surface area contributed by atoms with Gasteiger partial charge in [0.05, 0.1) is 12.3 Å². The van der Waals surface area contributed by atoms with Gasteiger partial charge in [-0.15, -0.1) is 0 Å². The van der Waals surface area contributed by atoms with Gasteiger partial charge in [-0.3, -0.25) is 0 Å². The van der Waals surface area contributed by atoms with E-state index in [1.807, 2.05) is 24.3 Å². The number of benzene rings is 2. The summed E-state index contributed by atoms with van der Waals surface area (Å²) in [6, 6.07) is 12.2. The lowest BCUT2D eigenvalue weighted by Crippen LogP contribution is -2.18. The van der Waals surface area contributed by atoms with Gasteiger partial charge in [0.25, 0.3) is 0 Å². The van der Waals surface area contributed by atoms with Gasteiger partial charge in [0.2, 0.25) is 0 Å². The highest BCUT2D eigenvalue weighted by Crippen LogP contribution is 2.23. The van der Waals surface area contributed by atoms with Crippen LogP contribution < -0.4 is 4.90 Å². The van der Waals surface area contributed by atoms with Crippen LogP contribution in [0, 0.1) is 5.82 Å². The molecule has 0 amide bonds. The molecule has 0 aliphatic rings. The van der Waals surface area contributed by atoms with E-state index < -0.39 is 0 Å². The Kier molecular flexibility index (Phi) is 4.40. The van der Waals surface area contributed by atoms with E-state index in [9.17, 15) is 4.39 Å². The van der Waals surface area contributed by atoms with E-state index in [0.29, 0.717) is 22.8 Å². The zero-order valence-corrected chi connectivity index (χ0v) is 11.4. The second-order valence-corrected chi connectivity index (χ2v) is 4.80. The summed E-state index contributed by atoms with van der Waals surface area (Å²) in [7, 11) is 1.81. The monoisotopic (exact) mass is 279 g/mol. The lowest BCUT2D eigenvalue weighted by Gasteiger charge is -2.21. The van der Waals surface area contributed by atoms with E-state index in [1.54, 1.807) is 24.1 Å². The van der Waals surface area contributed by atoms with Crippen molar-refractivity contribution < 1.29 is 9.50 Å². The summed E-state index contributed by atoms with van der Waals surface area (Å²) in [6.45, 7) is 0.362. The maximum absolute atomic E-state index is 13.9. The number of hydrogen-bond acceptors (Lipinski definition) is 2. The largest absolute Gasteiger partial charge is 0.392 e. The zero-order chi connectivity index (χ0) is 13.8. The van der Waals surface area contributed by atoms with Crippen molar-refractivity contribution in [2.45, 2.75) is 13.2 Å². The van der Waals surface area contributed by atoms with Crippen LogP contribution in [0.3, 0.4) is 0 Å². The zero-order valence-electron chi connectivity index (χ0n) is 10.6. The Bertz CT molecular complexity index is 574. The van der Waals surface area contributed by atoms with Crippen LogP contribution in [0.2, 0.25) is 5.02 Å². The number of anilines is 1. The molecule has 2 nitrogen and oxygen atoms in total. The minimum atomic E-state index is -0.346. The molecule has 4 heteroatoms. The third kappa shape index (κ3) is 3.25. The van der Waals surface area contributed by atoms with Crippen molar-refractivity contribution in [3.8, 4) is 0 Å². The Morgan fingerprint density at radius 2 is 1.95 bits per heavy atom. The summed E-state index contributed by atoms with van der Waals surface area (Å²) in [6.07, 6.45) is 0. The molecular weight excluding hydrogens is 265 g/mol. The van der Waals surface area contributed by atoms with Gasteiger partial charge in [-0.25, -0.2) is 4.39 Å². The molecule has 0 fully saturated rings. The van der Waals surface area contributed by atoms with Gasteiger partial charge >= 0.3 is 0 Å². The highest BCUT2D eigenvalue weighted by Gasteiger charge is 2.10. The maximum Gasteiger partial charge on any atom is 0.146 e. The van der Waals surface area contributed by atoms with Crippen molar-refractivity contribution in [3.63, 3.8) is 0 Å². The van der Waals surface area contributed by atoms with E-state index in [-0.39, 0.29) is 12.4 Å². The normalized spacial score (nSPS) is 10.5. The fourth-order valence-corrected chi connectivity index (χ4v) is 2.12. The number of aliphatic hydroxyl groups is 1. The van der Waals surface area contributed by atoms with Crippen LogP contribution in [-0.4, -0.2) is 12.2 Å². The summed E-state index contributed by atoms with van der Waals surface area (Å²) >= 11 is 6.09. The third-order valence-electron chi connectivity index (χ3n) is 2.97. The van der Waals surface area contributed by atoms with Crippen molar-refractivity contribution in [1.29, 1.82) is 0 Å². The molecule has 19 heavy (non-hydrogen) atoms. The molecule has 0 unspecified atom stereocenters. The summed E-state index contributed by atoms with van der Waals surface area (Å²) in [5.74, 6) is -0.346. The Labute approximate surface area is 117 Å². The molecule has 0 heterocycles. The van der Waals surface area contributed by atoms with Gasteiger partial charge in [0.1, 0.15) is 5.82 Å². The van der Waals surface area contributed by atoms with Gasteiger partial charge in [0.15, 0.2) is 0 Å². The lowest BCUT2D eigenvalue weighted by atomic mass is 10.1. The predicted molar refractivity (Wildman–Crippen MR) is 75.9 cm³/mol. The molecule has 100 valence electrons. The van der Waals surface area contributed by atoms with Crippen LogP contribution in [0.4, 0.5) is 10.1 Å². The smallest absolute Gasteiger partial charge is 0.146 e. The molecule has 0 aromatic heterocycles. The Balaban J connectivity index is 2.21. The molecule has 2 rings (SSSR count). The van der Waals surface area contributed by atoms with Gasteiger partial charge in [-0.05, 0) is 29.3 Å². The van der Waals surface area contributed by atoms with Gasteiger partial charge in [0, 0.05) is 18.6 Å². The maximum atomic E-state index is 13.9. The first-order valence-electron chi connectivity index (χ1n) is 5.95. The summed E-state index contributed by atoms with van der Waals surface area (Å²) in [5.41, 5.74) is 1.99. The molecule has 0 atom stereocenters. The van der Waals surface area contributed by atoms with Crippen molar-refractivity contribution in [2.75, 3.05) is 11.9 Å². The number of hydrogen-bond donors (Lipinski definition) is 1. The molecule has 0 radical (unpaired) electrons. The van der Waals surface area contributed by atoms with E-state index in [2.05, 4.69) is 0 Å². The Hall–Kier alpha value is -1.58. The summed E-state index contributed by atoms with van der Waals surface area (Å²) < 4.78 is 13.9. The third-order valence-corrected chi connectivity index (χ3v) is 3.34. The van der Waals surface area contributed by atoms with Crippen molar-refractivity contribution >= 4 is 17.3 Å². The van der Waals surface area contributed by atoms with Crippen LogP contribution in [0.25, 0.3) is 0 Å². The SMILES string of the molecule is CN(Cc1ccccc1Cl)c1ccc(CO)cc1F. The van der Waals surface area contributed by atoms with Gasteiger partial charge in [-0.1, -0.05) is 35.9 Å². The topological polar surface area (TPSA) is 23.5 Å². The van der Waals surface area contributed by atoms with Gasteiger partial charge in [-0.2, -0.15) is 0 Å². The van der Waals surface area contributed by atoms with Crippen LogP contribution in [0.5, 0.6) is 0 Å². The number of halogens is 2. The number of rotatable bonds is 4. The Morgan fingerprint density at radius 1 is 1.21 bits per heavy atom. The van der Waals surface area contributed by atoms with Crippen LogP contribution >= 0.6 is 11.6 Å². The van der Waals surface area contributed by atoms with E-state index in [1.165, 1.54) is 6.07 Å². The van der Waals surface area contributed by atoms with E-state index >= 15 is 0 Å². The molecular formula is C15H15ClFNO. The quantitative estimate of drug-likeness (QED) is 0.924. The van der Waals surface area contributed by atoms with Crippen LogP contribution in [0.15, 0.2) is 42.5 Å². The molecule has 0 aliphatic heterocycles. The molecule has 1 N–H and O–H groups in total. The first-order valence-corrected chi connectivity index (χ1v) is 6.33. The van der Waals surface area contributed by atoms with Crippen molar-refractivity contribution in [1.82, 2.24) is 0 Å². The van der Waals surface area contributed by atoms with Crippen molar-refractivity contribution in [2.24, 2.45) is 0 Å². The highest BCUT2D eigenvalue weighted by atomic mass is 35.5. The minimum absolute atomic E-state index is 0.161. The summed E-state index contributed by atoms with van der Waals surface area (Å²) in [4.78, 5) is 1.79. The van der Waals surface area contributed by atoms with E-state index in [4.69, 9.17) is 16.7 Å². The molecule has 0 saturated heterocycles. The van der Waals surface area contributed by atoms with Crippen LogP contribution in [0.1, 0.15) is 11.1 Å². The second-order valence-electron chi connectivity index (χ2n) is 4.39. The van der Waals surface area contributed by atoms with Crippen molar-refractivity contribution in [3.05, 3.63) is 64.4 Å². The van der Waals surface area contributed by atoms with Gasteiger partial charge < -0.3 is 10.0 Å². The average Bonchev–Trinajstić information content (AvgIpc) is 2.41. The molecule has 0 spiro atoms. The molecule has 2 aromatic carbocycles. The fraction of sp³-hybridized carbons (Fsp3) is 0.200. The lowest BCUT2D eigenvalue weighted by molar-refractivity contribution is 0.281. The van der Waals surface area contributed by atoms with E-state index in [0.717, 1.165) is 5.56 Å². The number of aliphatic hydroxyl groups excluding tert-OH is 1. The second kappa shape index (κ2) is 6.04. The predicted octanol–water partition coefficient (Wildman–Crippen LogP) is 3.61. The molecule has 0 aliphatic carbocycles. The standard InChI is InChI=1S/C15H15ClFNO/c1-18(9-12-4-2-3-5-13(12)16)15-7-6-11(10-19)8-14(15)17/h2-8,19H,9-10H2,1H3. The fourth-order valence-electron chi connectivity index (χ4n) is 1.93. The molecule has 0 bridgehead atoms. The molecule has 2 aromatic rings. The minimum Gasteiger partial charge on any atom is -0.392 e. The number of nitrogens with zero attached hydrogens (tertiary/aromatic N) is 1. The Morgan fingerprint density at radius 3 is 2.58 bits per heavy atom. The first-order chi connectivity index (χ1) is 9.11. The highest BCUT2D eigenvalue weighted by molar-refractivity contribution is 6.31. The summed E-state index contributed by atoms with van der Waals surface area (Å²) in [5, 5.41) is 9.63.